The lowest BCUT2D eigenvalue weighted by molar-refractivity contribution is 0.102. The van der Waals surface area contributed by atoms with Crippen molar-refractivity contribution < 1.29 is 9.18 Å². The maximum atomic E-state index is 13.5. The molecule has 2 aromatic rings. The summed E-state index contributed by atoms with van der Waals surface area (Å²) >= 11 is 6.49. The van der Waals surface area contributed by atoms with Crippen LogP contribution in [0.3, 0.4) is 0 Å². The molecule has 0 unspecified atom stereocenters. The van der Waals surface area contributed by atoms with E-state index >= 15 is 0 Å². The Balaban J connectivity index is 2.32. The van der Waals surface area contributed by atoms with Crippen molar-refractivity contribution in [1.82, 2.24) is 4.98 Å². The quantitative estimate of drug-likeness (QED) is 0.528. The highest BCUT2D eigenvalue weighted by atomic mass is 127. The van der Waals surface area contributed by atoms with Crippen molar-refractivity contribution in [2.24, 2.45) is 0 Å². The summed E-state index contributed by atoms with van der Waals surface area (Å²) in [6.07, 6.45) is 2.42. The number of carbonyl (C=O) groups is 1. The van der Waals surface area contributed by atoms with Crippen molar-refractivity contribution in [3.05, 3.63) is 52.7 Å². The maximum absolute atomic E-state index is 13.5. The minimum Gasteiger partial charge on any atom is -0.320 e. The molecule has 0 aliphatic heterocycles. The molecule has 0 atom stereocenters. The van der Waals surface area contributed by atoms with E-state index < -0.39 is 11.7 Å². The summed E-state index contributed by atoms with van der Waals surface area (Å²) in [5.41, 5.74) is 0.683. The number of nitrogens with zero attached hydrogens (tertiary/aromatic N) is 1. The molecule has 0 saturated carbocycles. The average Bonchev–Trinajstić information content (AvgIpc) is 2.34. The summed E-state index contributed by atoms with van der Waals surface area (Å²) in [5.74, 6) is -1.10. The van der Waals surface area contributed by atoms with Crippen molar-refractivity contribution in [2.75, 3.05) is 5.32 Å². The molecule has 1 amide bonds. The molecule has 98 valence electrons. The summed E-state index contributed by atoms with van der Waals surface area (Å²) in [4.78, 5) is 15.7. The van der Waals surface area contributed by atoms with Gasteiger partial charge in [-0.05, 0) is 86.0 Å². The Morgan fingerprint density at radius 1 is 1.21 bits per heavy atom. The van der Waals surface area contributed by atoms with Crippen LogP contribution >= 0.6 is 67.8 Å². The number of aromatic nitrogens is 1. The van der Waals surface area contributed by atoms with E-state index in [0.717, 1.165) is 16.9 Å². The first-order valence-electron chi connectivity index (χ1n) is 5.04. The van der Waals surface area contributed by atoms with Crippen LogP contribution in [0.15, 0.2) is 30.6 Å². The van der Waals surface area contributed by atoms with Gasteiger partial charge < -0.3 is 5.32 Å². The molecule has 0 fully saturated rings. The predicted molar refractivity (Wildman–Crippen MR) is 96.7 cm³/mol. The number of carbonyl (C=O) groups excluding carboxylic acids is 1. The zero-order chi connectivity index (χ0) is 14.0. The predicted octanol–water partition coefficient (Wildman–Crippen LogP) is 4.29. The third kappa shape index (κ3) is 3.74. The lowest BCUT2D eigenvalue weighted by Crippen LogP contribution is -2.15. The zero-order valence-corrected chi connectivity index (χ0v) is 15.7. The maximum Gasteiger partial charge on any atom is 0.258 e. The normalized spacial score (nSPS) is 10.3. The number of hydrogen-bond donors (Lipinski definition) is 1. The smallest absolute Gasteiger partial charge is 0.258 e. The van der Waals surface area contributed by atoms with Crippen LogP contribution in [0.25, 0.3) is 0 Å². The number of nitrogens with one attached hydrogen (secondary N) is 1. The van der Waals surface area contributed by atoms with Crippen molar-refractivity contribution in [3.63, 3.8) is 0 Å². The van der Waals surface area contributed by atoms with Gasteiger partial charge in [-0.1, -0.05) is 0 Å². The summed E-state index contributed by atoms with van der Waals surface area (Å²) in [5, 5.41) is 2.74. The molecule has 2 rings (SSSR count). The molecule has 1 aromatic carbocycles. The molecular weight excluding hydrogens is 588 g/mol. The Kier molecular flexibility index (Phi) is 5.34. The number of pyridine rings is 1. The van der Waals surface area contributed by atoms with Gasteiger partial charge in [0.2, 0.25) is 0 Å². The Morgan fingerprint density at radius 2 is 1.84 bits per heavy atom. The van der Waals surface area contributed by atoms with Gasteiger partial charge >= 0.3 is 0 Å². The second-order valence-electron chi connectivity index (χ2n) is 3.55. The third-order valence-corrected chi connectivity index (χ3v) is 4.59. The number of anilines is 1. The van der Waals surface area contributed by atoms with Crippen LogP contribution in [0.1, 0.15) is 10.4 Å². The first-order chi connectivity index (χ1) is 8.99. The van der Waals surface area contributed by atoms with Crippen LogP contribution in [-0.4, -0.2) is 10.9 Å². The Morgan fingerprint density at radius 3 is 2.42 bits per heavy atom. The number of rotatable bonds is 2. The van der Waals surface area contributed by atoms with Crippen LogP contribution in [0.5, 0.6) is 0 Å². The monoisotopic (exact) mass is 594 g/mol. The van der Waals surface area contributed by atoms with Gasteiger partial charge in [0.15, 0.2) is 5.82 Å². The largest absolute Gasteiger partial charge is 0.320 e. The number of benzene rings is 1. The molecule has 3 nitrogen and oxygen atoms in total. The molecule has 1 aromatic heterocycles. The fraction of sp³-hybridized carbons (Fsp3) is 0. The lowest BCUT2D eigenvalue weighted by Gasteiger charge is -2.10. The van der Waals surface area contributed by atoms with Gasteiger partial charge in [-0.25, -0.2) is 4.39 Å². The van der Waals surface area contributed by atoms with Crippen molar-refractivity contribution in [2.45, 2.75) is 0 Å². The van der Waals surface area contributed by atoms with E-state index in [0.29, 0.717) is 5.69 Å². The van der Waals surface area contributed by atoms with Crippen LogP contribution in [0.4, 0.5) is 10.1 Å². The second kappa shape index (κ2) is 6.61. The molecule has 19 heavy (non-hydrogen) atoms. The third-order valence-electron chi connectivity index (χ3n) is 2.26. The van der Waals surface area contributed by atoms with E-state index in [-0.39, 0.29) is 5.56 Å². The SMILES string of the molecule is O=C(Nc1c(I)cc(I)cc1I)c1ccncc1F. The number of halogens is 4. The van der Waals surface area contributed by atoms with Gasteiger partial charge in [0.05, 0.1) is 17.4 Å². The Bertz CT molecular complexity index is 626. The summed E-state index contributed by atoms with van der Waals surface area (Å²) in [6, 6.07) is 5.25. The van der Waals surface area contributed by atoms with Gasteiger partial charge in [0.25, 0.3) is 5.91 Å². The first kappa shape index (κ1) is 15.4. The lowest BCUT2D eigenvalue weighted by atomic mass is 10.2. The molecular formula is C12H6FI3N2O. The van der Waals surface area contributed by atoms with E-state index in [9.17, 15) is 9.18 Å². The minimum absolute atomic E-state index is 0.0137. The average molecular weight is 594 g/mol. The molecule has 0 bridgehead atoms. The highest BCUT2D eigenvalue weighted by Crippen LogP contribution is 2.27. The van der Waals surface area contributed by atoms with E-state index in [1.807, 2.05) is 12.1 Å². The fourth-order valence-corrected chi connectivity index (χ4v) is 5.25. The fourth-order valence-electron chi connectivity index (χ4n) is 1.40. The Labute approximate surface area is 150 Å². The topological polar surface area (TPSA) is 42.0 Å². The highest BCUT2D eigenvalue weighted by molar-refractivity contribution is 14.1. The number of hydrogen-bond acceptors (Lipinski definition) is 2. The first-order valence-corrected chi connectivity index (χ1v) is 8.28. The van der Waals surface area contributed by atoms with Crippen molar-refractivity contribution >= 4 is 79.4 Å². The van der Waals surface area contributed by atoms with Crippen LogP contribution in [0, 0.1) is 16.5 Å². The Hall–Kier alpha value is -0.0400. The zero-order valence-electron chi connectivity index (χ0n) is 9.25. The molecule has 0 saturated heterocycles. The van der Waals surface area contributed by atoms with E-state index in [2.05, 4.69) is 78.1 Å². The van der Waals surface area contributed by atoms with Crippen molar-refractivity contribution in [3.8, 4) is 0 Å². The van der Waals surface area contributed by atoms with Crippen LogP contribution in [0.2, 0.25) is 0 Å². The molecule has 1 N–H and O–H groups in total. The highest BCUT2D eigenvalue weighted by Gasteiger charge is 2.15. The van der Waals surface area contributed by atoms with Crippen molar-refractivity contribution in [1.29, 1.82) is 0 Å². The molecule has 0 spiro atoms. The van der Waals surface area contributed by atoms with Crippen LogP contribution < -0.4 is 5.32 Å². The molecule has 7 heteroatoms. The summed E-state index contributed by atoms with van der Waals surface area (Å²) < 4.78 is 16.4. The summed E-state index contributed by atoms with van der Waals surface area (Å²) in [6.45, 7) is 0. The van der Waals surface area contributed by atoms with Gasteiger partial charge in [0, 0.05) is 16.9 Å². The van der Waals surface area contributed by atoms with Crippen LogP contribution in [-0.2, 0) is 0 Å². The van der Waals surface area contributed by atoms with Gasteiger partial charge in [-0.3, -0.25) is 9.78 Å². The molecule has 0 radical (unpaired) electrons. The summed E-state index contributed by atoms with van der Waals surface area (Å²) in [7, 11) is 0. The molecule has 1 heterocycles. The van der Waals surface area contributed by atoms with Gasteiger partial charge in [0.1, 0.15) is 0 Å². The van der Waals surface area contributed by atoms with Gasteiger partial charge in [-0.15, -0.1) is 0 Å². The standard InChI is InChI=1S/C12H6FI3N2O/c13-8-5-17-2-1-7(8)12(19)18-11-9(15)3-6(14)4-10(11)16/h1-5H,(H,18,19). The van der Waals surface area contributed by atoms with E-state index in [1.54, 1.807) is 0 Å². The van der Waals surface area contributed by atoms with Gasteiger partial charge in [-0.2, -0.15) is 0 Å². The van der Waals surface area contributed by atoms with E-state index in [1.165, 1.54) is 12.3 Å². The van der Waals surface area contributed by atoms with E-state index in [4.69, 9.17) is 0 Å². The minimum atomic E-state index is -0.629. The molecule has 0 aliphatic carbocycles. The molecule has 0 aliphatic rings. The number of amides is 1. The second-order valence-corrected chi connectivity index (χ2v) is 7.12.